The number of benzene rings is 2. The molecule has 0 saturated carbocycles. The molecule has 0 unspecified atom stereocenters. The highest BCUT2D eigenvalue weighted by molar-refractivity contribution is 7.92. The van der Waals surface area contributed by atoms with E-state index in [9.17, 15) is 26.4 Å². The highest BCUT2D eigenvalue weighted by Crippen LogP contribution is 2.25. The quantitative estimate of drug-likeness (QED) is 0.544. The van der Waals surface area contributed by atoms with Gasteiger partial charge in [0.25, 0.3) is 0 Å². The Morgan fingerprint density at radius 2 is 1.77 bits per heavy atom. The average Bonchev–Trinajstić information content (AvgIpc) is 2.63. The molecule has 2 aromatic rings. The molecule has 0 spiro atoms. The zero-order valence-corrected chi connectivity index (χ0v) is 17.4. The standard InChI is InChI=1S/C20H22F3N3O3S/c1-4-24-18-11-15(21)7-5-13(18)6-8-19(27)25-12(2)14-9-16(22)20(17(23)10-14)26-30(3,28)29/h5-12,24,26H,4H2,1-3H3,(H,25,27)/b8-6-/t12-/m1/s1. The van der Waals surface area contributed by atoms with Gasteiger partial charge in [-0.05, 0) is 61.4 Å². The van der Waals surface area contributed by atoms with Gasteiger partial charge >= 0.3 is 0 Å². The molecule has 3 N–H and O–H groups in total. The third kappa shape index (κ3) is 6.51. The number of sulfonamides is 1. The summed E-state index contributed by atoms with van der Waals surface area (Å²) in [6, 6.07) is 5.20. The Labute approximate surface area is 173 Å². The fourth-order valence-corrected chi connectivity index (χ4v) is 3.22. The third-order valence-electron chi connectivity index (χ3n) is 4.01. The molecule has 6 nitrogen and oxygen atoms in total. The number of halogens is 3. The lowest BCUT2D eigenvalue weighted by molar-refractivity contribution is -0.117. The first kappa shape index (κ1) is 23.3. The second-order valence-electron chi connectivity index (χ2n) is 6.56. The molecule has 0 bridgehead atoms. The van der Waals surface area contributed by atoms with Crippen molar-refractivity contribution < 1.29 is 26.4 Å². The number of amides is 1. The van der Waals surface area contributed by atoms with E-state index in [1.165, 1.54) is 37.3 Å². The van der Waals surface area contributed by atoms with Gasteiger partial charge in [0.2, 0.25) is 15.9 Å². The second kappa shape index (κ2) is 9.66. The topological polar surface area (TPSA) is 87.3 Å². The Hall–Kier alpha value is -3.01. The Kier molecular flexibility index (Phi) is 7.49. The maximum absolute atomic E-state index is 14.1. The van der Waals surface area contributed by atoms with E-state index in [1.54, 1.807) is 4.72 Å². The molecule has 1 amide bonds. The molecule has 30 heavy (non-hydrogen) atoms. The van der Waals surface area contributed by atoms with Gasteiger partial charge in [0.05, 0.1) is 12.3 Å². The van der Waals surface area contributed by atoms with Crippen LogP contribution in [0.25, 0.3) is 6.08 Å². The van der Waals surface area contributed by atoms with Crippen molar-refractivity contribution >= 4 is 33.4 Å². The van der Waals surface area contributed by atoms with Crippen LogP contribution < -0.4 is 15.4 Å². The highest BCUT2D eigenvalue weighted by Gasteiger charge is 2.18. The van der Waals surface area contributed by atoms with Crippen LogP contribution in [0.1, 0.15) is 31.0 Å². The van der Waals surface area contributed by atoms with E-state index in [-0.39, 0.29) is 5.56 Å². The fraction of sp³-hybridized carbons (Fsp3) is 0.250. The maximum Gasteiger partial charge on any atom is 0.244 e. The summed E-state index contributed by atoms with van der Waals surface area (Å²) >= 11 is 0. The predicted octanol–water partition coefficient (Wildman–Crippen LogP) is 3.80. The normalized spacial score (nSPS) is 12.6. The minimum absolute atomic E-state index is 0.112. The van der Waals surface area contributed by atoms with Crippen LogP contribution in [0.15, 0.2) is 36.4 Å². The van der Waals surface area contributed by atoms with Gasteiger partial charge in [-0.15, -0.1) is 0 Å². The lowest BCUT2D eigenvalue weighted by Gasteiger charge is -2.15. The van der Waals surface area contributed by atoms with E-state index in [0.717, 1.165) is 18.4 Å². The van der Waals surface area contributed by atoms with Gasteiger partial charge in [-0.25, -0.2) is 21.6 Å². The van der Waals surface area contributed by atoms with Crippen LogP contribution in [0.2, 0.25) is 0 Å². The maximum atomic E-state index is 14.1. The Morgan fingerprint density at radius 3 is 2.33 bits per heavy atom. The smallest absolute Gasteiger partial charge is 0.244 e. The van der Waals surface area contributed by atoms with Crippen LogP contribution in [-0.4, -0.2) is 27.1 Å². The van der Waals surface area contributed by atoms with E-state index in [2.05, 4.69) is 10.6 Å². The minimum Gasteiger partial charge on any atom is -0.385 e. The fourth-order valence-electron chi connectivity index (χ4n) is 2.65. The largest absolute Gasteiger partial charge is 0.385 e. The number of carbonyl (C=O) groups excluding carboxylic acids is 1. The SMILES string of the molecule is CCNc1cc(F)ccc1/C=C\C(=O)N[C@H](C)c1cc(F)c(NS(C)(=O)=O)c(F)c1. The van der Waals surface area contributed by atoms with Crippen LogP contribution in [0.4, 0.5) is 24.5 Å². The Morgan fingerprint density at radius 1 is 1.13 bits per heavy atom. The molecule has 10 heteroatoms. The number of anilines is 2. The molecular formula is C20H22F3N3O3S. The molecule has 0 aliphatic rings. The van der Waals surface area contributed by atoms with Crippen LogP contribution in [0, 0.1) is 17.5 Å². The van der Waals surface area contributed by atoms with Crippen LogP contribution in [-0.2, 0) is 14.8 Å². The summed E-state index contributed by atoms with van der Waals surface area (Å²) < 4.78 is 65.8. The minimum atomic E-state index is -3.86. The Balaban J connectivity index is 2.14. The molecule has 162 valence electrons. The van der Waals surface area contributed by atoms with Crippen molar-refractivity contribution in [1.29, 1.82) is 0 Å². The molecule has 0 aliphatic carbocycles. The second-order valence-corrected chi connectivity index (χ2v) is 8.31. The molecule has 0 aliphatic heterocycles. The summed E-state index contributed by atoms with van der Waals surface area (Å²) in [6.07, 6.45) is 3.48. The number of hydrogen-bond donors (Lipinski definition) is 3. The summed E-state index contributed by atoms with van der Waals surface area (Å²) in [5.74, 6) is -3.16. The van der Waals surface area contributed by atoms with Gasteiger partial charge in [0.15, 0.2) is 11.6 Å². The van der Waals surface area contributed by atoms with Crippen molar-refractivity contribution in [3.05, 3.63) is 65.0 Å². The summed E-state index contributed by atoms with van der Waals surface area (Å²) in [5.41, 5.74) is 0.440. The molecule has 0 saturated heterocycles. The van der Waals surface area contributed by atoms with E-state index in [0.29, 0.717) is 17.8 Å². The first-order chi connectivity index (χ1) is 14.0. The van der Waals surface area contributed by atoms with Crippen molar-refractivity contribution in [2.24, 2.45) is 0 Å². The molecule has 0 aromatic heterocycles. The molecule has 1 atom stereocenters. The monoisotopic (exact) mass is 441 g/mol. The molecular weight excluding hydrogens is 419 g/mol. The molecule has 0 heterocycles. The molecule has 0 fully saturated rings. The van der Waals surface area contributed by atoms with Gasteiger partial charge in [0.1, 0.15) is 11.5 Å². The zero-order chi connectivity index (χ0) is 22.5. The first-order valence-electron chi connectivity index (χ1n) is 8.99. The van der Waals surface area contributed by atoms with Crippen molar-refractivity contribution in [3.63, 3.8) is 0 Å². The van der Waals surface area contributed by atoms with E-state index < -0.39 is 45.1 Å². The van der Waals surface area contributed by atoms with Gasteiger partial charge < -0.3 is 10.6 Å². The van der Waals surface area contributed by atoms with E-state index >= 15 is 0 Å². The summed E-state index contributed by atoms with van der Waals surface area (Å²) in [7, 11) is -3.86. The predicted molar refractivity (Wildman–Crippen MR) is 111 cm³/mol. The highest BCUT2D eigenvalue weighted by atomic mass is 32.2. The Bertz CT molecular complexity index is 1050. The average molecular weight is 441 g/mol. The lowest BCUT2D eigenvalue weighted by atomic mass is 10.1. The van der Waals surface area contributed by atoms with E-state index in [1.807, 2.05) is 6.92 Å². The zero-order valence-electron chi connectivity index (χ0n) is 16.6. The van der Waals surface area contributed by atoms with E-state index in [4.69, 9.17) is 0 Å². The summed E-state index contributed by atoms with van der Waals surface area (Å²) in [6.45, 7) is 3.93. The lowest BCUT2D eigenvalue weighted by Crippen LogP contribution is -2.25. The summed E-state index contributed by atoms with van der Waals surface area (Å²) in [5, 5.41) is 5.55. The number of rotatable bonds is 8. The van der Waals surface area contributed by atoms with Crippen LogP contribution >= 0.6 is 0 Å². The third-order valence-corrected chi connectivity index (χ3v) is 4.58. The van der Waals surface area contributed by atoms with Gasteiger partial charge in [-0.1, -0.05) is 0 Å². The van der Waals surface area contributed by atoms with Crippen molar-refractivity contribution in [1.82, 2.24) is 5.32 Å². The van der Waals surface area contributed by atoms with Crippen LogP contribution in [0.5, 0.6) is 0 Å². The number of hydrogen-bond acceptors (Lipinski definition) is 4. The molecule has 2 rings (SSSR count). The van der Waals surface area contributed by atoms with Crippen molar-refractivity contribution in [2.75, 3.05) is 22.8 Å². The molecule has 2 aromatic carbocycles. The van der Waals surface area contributed by atoms with Gasteiger partial charge in [-0.3, -0.25) is 9.52 Å². The number of nitrogens with one attached hydrogen (secondary N) is 3. The van der Waals surface area contributed by atoms with Crippen molar-refractivity contribution in [3.8, 4) is 0 Å². The molecule has 0 radical (unpaired) electrons. The van der Waals surface area contributed by atoms with Gasteiger partial charge in [-0.2, -0.15) is 0 Å². The first-order valence-corrected chi connectivity index (χ1v) is 10.9. The summed E-state index contributed by atoms with van der Waals surface area (Å²) in [4.78, 5) is 12.2. The van der Waals surface area contributed by atoms with Crippen molar-refractivity contribution in [2.45, 2.75) is 19.9 Å². The number of carbonyl (C=O) groups is 1. The van der Waals surface area contributed by atoms with Crippen LogP contribution in [0.3, 0.4) is 0 Å². The van der Waals surface area contributed by atoms with Gasteiger partial charge in [0, 0.05) is 18.3 Å².